The largest absolute Gasteiger partial charge is 0.383 e. The molecule has 1 rings (SSSR count). The number of hydrogen-bond donors (Lipinski definition) is 3. The van der Waals surface area contributed by atoms with E-state index in [0.717, 1.165) is 18.8 Å². The third-order valence-electron chi connectivity index (χ3n) is 2.62. The summed E-state index contributed by atoms with van der Waals surface area (Å²) in [5.74, 6) is 0.145. The maximum absolute atomic E-state index is 11.8. The predicted octanol–water partition coefficient (Wildman–Crippen LogP) is 0.396. The van der Waals surface area contributed by atoms with Crippen LogP contribution in [0.2, 0.25) is 0 Å². The van der Waals surface area contributed by atoms with Crippen molar-refractivity contribution in [3.8, 4) is 0 Å². The van der Waals surface area contributed by atoms with Gasteiger partial charge in [-0.1, -0.05) is 6.92 Å². The van der Waals surface area contributed by atoms with Gasteiger partial charge in [0.15, 0.2) is 0 Å². The van der Waals surface area contributed by atoms with Crippen LogP contribution in [0.15, 0.2) is 18.3 Å². The van der Waals surface area contributed by atoms with E-state index in [2.05, 4.69) is 27.9 Å². The number of amides is 2. The van der Waals surface area contributed by atoms with E-state index >= 15 is 0 Å². The van der Waals surface area contributed by atoms with Crippen LogP contribution in [-0.2, 0) is 9.53 Å². The van der Waals surface area contributed by atoms with Crippen molar-refractivity contribution >= 4 is 17.6 Å². The Balaban J connectivity index is 2.36. The smallest absolute Gasteiger partial charge is 0.253 e. The molecule has 7 nitrogen and oxygen atoms in total. The first kappa shape index (κ1) is 16.9. The molecule has 0 saturated heterocycles. The lowest BCUT2D eigenvalue weighted by Crippen LogP contribution is -2.38. The molecule has 0 radical (unpaired) electrons. The van der Waals surface area contributed by atoms with E-state index < -0.39 is 0 Å². The average molecular weight is 294 g/mol. The zero-order valence-electron chi connectivity index (χ0n) is 12.4. The first-order valence-corrected chi connectivity index (χ1v) is 6.91. The van der Waals surface area contributed by atoms with Crippen LogP contribution in [0.25, 0.3) is 0 Å². The van der Waals surface area contributed by atoms with Crippen LogP contribution in [0.1, 0.15) is 23.7 Å². The molecular formula is C14H22N4O3. The highest BCUT2D eigenvalue weighted by Crippen LogP contribution is 2.04. The van der Waals surface area contributed by atoms with Crippen LogP contribution in [0.3, 0.4) is 0 Å². The Hall–Kier alpha value is -2.15. The molecule has 0 saturated carbocycles. The summed E-state index contributed by atoms with van der Waals surface area (Å²) in [5.41, 5.74) is 0.418. The third-order valence-corrected chi connectivity index (χ3v) is 2.62. The zero-order valence-corrected chi connectivity index (χ0v) is 12.4. The van der Waals surface area contributed by atoms with E-state index in [0.29, 0.717) is 18.7 Å². The van der Waals surface area contributed by atoms with E-state index in [4.69, 9.17) is 4.74 Å². The Kier molecular flexibility index (Phi) is 7.81. The van der Waals surface area contributed by atoms with Crippen molar-refractivity contribution in [3.05, 3.63) is 23.9 Å². The number of anilines is 1. The van der Waals surface area contributed by atoms with Crippen molar-refractivity contribution in [1.82, 2.24) is 15.6 Å². The van der Waals surface area contributed by atoms with Gasteiger partial charge in [0.25, 0.3) is 5.91 Å². The van der Waals surface area contributed by atoms with Gasteiger partial charge >= 0.3 is 0 Å². The van der Waals surface area contributed by atoms with Crippen molar-refractivity contribution < 1.29 is 14.3 Å². The summed E-state index contributed by atoms with van der Waals surface area (Å²) in [7, 11) is 1.56. The molecule has 3 N–H and O–H groups in total. The Morgan fingerprint density at radius 2 is 2.05 bits per heavy atom. The number of hydrogen-bond acceptors (Lipinski definition) is 5. The van der Waals surface area contributed by atoms with Crippen molar-refractivity contribution in [3.63, 3.8) is 0 Å². The third kappa shape index (κ3) is 6.71. The monoisotopic (exact) mass is 294 g/mol. The van der Waals surface area contributed by atoms with Gasteiger partial charge in [-0.3, -0.25) is 9.59 Å². The molecule has 0 aliphatic heterocycles. The van der Waals surface area contributed by atoms with Crippen molar-refractivity contribution in [1.29, 1.82) is 0 Å². The minimum absolute atomic E-state index is 0.0710. The summed E-state index contributed by atoms with van der Waals surface area (Å²) in [6.07, 6.45) is 2.48. The van der Waals surface area contributed by atoms with Crippen LogP contribution >= 0.6 is 0 Å². The molecule has 0 spiro atoms. The number of nitrogens with zero attached hydrogens (tertiary/aromatic N) is 1. The van der Waals surface area contributed by atoms with E-state index in [-0.39, 0.29) is 18.4 Å². The fourth-order valence-electron chi connectivity index (χ4n) is 1.50. The molecule has 21 heavy (non-hydrogen) atoms. The molecule has 0 bridgehead atoms. The van der Waals surface area contributed by atoms with Gasteiger partial charge in [0.05, 0.1) is 18.7 Å². The fourth-order valence-corrected chi connectivity index (χ4v) is 1.50. The molecular weight excluding hydrogens is 272 g/mol. The molecule has 7 heteroatoms. The van der Waals surface area contributed by atoms with Crippen molar-refractivity contribution in [2.24, 2.45) is 0 Å². The normalized spacial score (nSPS) is 10.0. The minimum atomic E-state index is -0.327. The number of methoxy groups -OCH3 is 1. The second kappa shape index (κ2) is 9.71. The molecule has 0 aromatic carbocycles. The quantitative estimate of drug-likeness (QED) is 0.573. The Morgan fingerprint density at radius 3 is 2.67 bits per heavy atom. The molecule has 0 unspecified atom stereocenters. The SMILES string of the molecule is CCCNc1ccc(C(=O)NCC(=O)NCCOC)cn1. The maximum atomic E-state index is 11.8. The first-order chi connectivity index (χ1) is 10.2. The van der Waals surface area contributed by atoms with Gasteiger partial charge in [0, 0.05) is 26.4 Å². The standard InChI is InChI=1S/C14H22N4O3/c1-3-6-15-12-5-4-11(9-17-12)14(20)18-10-13(19)16-7-8-21-2/h4-5,9H,3,6-8,10H2,1-2H3,(H,15,17)(H,16,19)(H,18,20). The van der Waals surface area contributed by atoms with E-state index in [1.165, 1.54) is 6.20 Å². The summed E-state index contributed by atoms with van der Waals surface area (Å²) >= 11 is 0. The minimum Gasteiger partial charge on any atom is -0.383 e. The topological polar surface area (TPSA) is 92.4 Å². The lowest BCUT2D eigenvalue weighted by Gasteiger charge is -2.07. The number of nitrogens with one attached hydrogen (secondary N) is 3. The second-order valence-corrected chi connectivity index (χ2v) is 4.38. The predicted molar refractivity (Wildman–Crippen MR) is 80.2 cm³/mol. The van der Waals surface area contributed by atoms with Crippen LogP contribution in [0, 0.1) is 0 Å². The van der Waals surface area contributed by atoms with Crippen molar-refractivity contribution in [2.75, 3.05) is 38.7 Å². The number of rotatable bonds is 9. The van der Waals surface area contributed by atoms with Crippen molar-refractivity contribution in [2.45, 2.75) is 13.3 Å². The number of aromatic nitrogens is 1. The molecule has 0 aliphatic rings. The molecule has 0 atom stereocenters. The van der Waals surface area contributed by atoms with E-state index in [1.54, 1.807) is 19.2 Å². The number of carbonyl (C=O) groups is 2. The number of pyridine rings is 1. The zero-order chi connectivity index (χ0) is 15.5. The van der Waals surface area contributed by atoms with Gasteiger partial charge in [0.2, 0.25) is 5.91 Å². The molecule has 1 aromatic rings. The van der Waals surface area contributed by atoms with Gasteiger partial charge in [-0.15, -0.1) is 0 Å². The van der Waals surface area contributed by atoms with Crippen LogP contribution in [0.5, 0.6) is 0 Å². The summed E-state index contributed by atoms with van der Waals surface area (Å²) in [6, 6.07) is 3.41. The molecule has 1 aromatic heterocycles. The van der Waals surface area contributed by atoms with Gasteiger partial charge in [-0.2, -0.15) is 0 Å². The van der Waals surface area contributed by atoms with E-state index in [9.17, 15) is 9.59 Å². The summed E-state index contributed by atoms with van der Waals surface area (Å²) in [5, 5.41) is 8.28. The highest BCUT2D eigenvalue weighted by molar-refractivity contribution is 5.96. The fraction of sp³-hybridized carbons (Fsp3) is 0.500. The van der Waals surface area contributed by atoms with Gasteiger partial charge in [0.1, 0.15) is 5.82 Å². The molecule has 0 aliphatic carbocycles. The lowest BCUT2D eigenvalue weighted by atomic mass is 10.2. The lowest BCUT2D eigenvalue weighted by molar-refractivity contribution is -0.120. The highest BCUT2D eigenvalue weighted by atomic mass is 16.5. The Bertz CT molecular complexity index is 448. The second-order valence-electron chi connectivity index (χ2n) is 4.38. The van der Waals surface area contributed by atoms with Gasteiger partial charge in [-0.05, 0) is 18.6 Å². The van der Waals surface area contributed by atoms with Gasteiger partial charge < -0.3 is 20.7 Å². The van der Waals surface area contributed by atoms with Crippen LogP contribution in [0.4, 0.5) is 5.82 Å². The number of ether oxygens (including phenoxy) is 1. The molecule has 116 valence electrons. The first-order valence-electron chi connectivity index (χ1n) is 6.91. The maximum Gasteiger partial charge on any atom is 0.253 e. The van der Waals surface area contributed by atoms with Gasteiger partial charge in [-0.25, -0.2) is 4.98 Å². The molecule has 2 amide bonds. The molecule has 0 fully saturated rings. The van der Waals surface area contributed by atoms with Crippen LogP contribution < -0.4 is 16.0 Å². The summed E-state index contributed by atoms with van der Waals surface area (Å²) in [4.78, 5) is 27.4. The Labute approximate surface area is 124 Å². The Morgan fingerprint density at radius 1 is 1.24 bits per heavy atom. The summed E-state index contributed by atoms with van der Waals surface area (Å²) in [6.45, 7) is 3.69. The highest BCUT2D eigenvalue weighted by Gasteiger charge is 2.08. The van der Waals surface area contributed by atoms with Crippen LogP contribution in [-0.4, -0.2) is 50.1 Å². The molecule has 1 heterocycles. The van der Waals surface area contributed by atoms with E-state index in [1.807, 2.05) is 0 Å². The number of carbonyl (C=O) groups excluding carboxylic acids is 2. The summed E-state index contributed by atoms with van der Waals surface area (Å²) < 4.78 is 4.81. The average Bonchev–Trinajstić information content (AvgIpc) is 2.51.